The second-order valence-corrected chi connectivity index (χ2v) is 2.96. The molecule has 0 spiro atoms. The third kappa shape index (κ3) is 4.56. The normalized spacial score (nSPS) is 14.1. The maximum atomic E-state index is 4.06. The van der Waals surface area contributed by atoms with Crippen molar-refractivity contribution in [2.24, 2.45) is 0 Å². The summed E-state index contributed by atoms with van der Waals surface area (Å²) in [5.41, 5.74) is 0. The van der Waals surface area contributed by atoms with Gasteiger partial charge in [0.1, 0.15) is 0 Å². The van der Waals surface area contributed by atoms with Crippen LogP contribution in [0.2, 0.25) is 0 Å². The summed E-state index contributed by atoms with van der Waals surface area (Å²) < 4.78 is 0. The van der Waals surface area contributed by atoms with Crippen LogP contribution in [-0.2, 0) is 0 Å². The minimum Gasteiger partial charge on any atom is -0.179 e. The molecule has 1 unspecified atom stereocenters. The summed E-state index contributed by atoms with van der Waals surface area (Å²) in [6.45, 7) is 3.86. The van der Waals surface area contributed by atoms with E-state index in [1.54, 1.807) is 11.8 Å². The van der Waals surface area contributed by atoms with Crippen LogP contribution in [0.15, 0.2) is 0 Å². The molecule has 0 aliphatic carbocycles. The van der Waals surface area contributed by atoms with Crippen molar-refractivity contribution >= 4 is 24.4 Å². The van der Waals surface area contributed by atoms with Gasteiger partial charge in [-0.1, -0.05) is 0 Å². The van der Waals surface area contributed by atoms with Gasteiger partial charge in [0.15, 0.2) is 0 Å². The number of hydrogen-bond donors (Lipinski definition) is 1. The van der Waals surface area contributed by atoms with Crippen LogP contribution >= 0.6 is 24.4 Å². The third-order valence-corrected chi connectivity index (χ3v) is 1.94. The highest BCUT2D eigenvalue weighted by Gasteiger charge is 1.93. The van der Waals surface area contributed by atoms with Crippen molar-refractivity contribution in [3.8, 4) is 0 Å². The molecular weight excluding hydrogens is 124 g/mol. The molecule has 0 bridgehead atoms. The molecule has 0 saturated heterocycles. The maximum absolute atomic E-state index is 4.06. The smallest absolute Gasteiger partial charge is 0.00524 e. The van der Waals surface area contributed by atoms with Crippen molar-refractivity contribution in [1.82, 2.24) is 0 Å². The molecule has 1 atom stereocenters. The van der Waals surface area contributed by atoms with Crippen LogP contribution < -0.4 is 0 Å². The zero-order valence-corrected chi connectivity index (χ0v) is 6.27. The first-order valence-electron chi connectivity index (χ1n) is 2.28. The molecule has 0 aromatic heterocycles. The van der Waals surface area contributed by atoms with Crippen LogP contribution in [0.3, 0.4) is 0 Å². The Kier molecular flexibility index (Phi) is 5.33. The minimum atomic E-state index is 0.539. The number of thioether (sulfide) groups is 1. The molecule has 0 saturated carbocycles. The molecule has 7 heavy (non-hydrogen) atoms. The molecule has 0 aromatic carbocycles. The molecule has 2 heteroatoms. The number of rotatable bonds is 3. The molecule has 0 fully saturated rings. The molecule has 0 nitrogen and oxygen atoms in total. The molecule has 0 N–H and O–H groups in total. The summed E-state index contributed by atoms with van der Waals surface area (Å²) in [5.74, 6) is 0.953. The predicted molar refractivity (Wildman–Crippen MR) is 41.1 cm³/mol. The van der Waals surface area contributed by atoms with Gasteiger partial charge in [-0.05, 0) is 25.4 Å². The highest BCUT2D eigenvalue weighted by Crippen LogP contribution is 2.08. The summed E-state index contributed by atoms with van der Waals surface area (Å²) in [6.07, 6.45) is 3.19. The van der Waals surface area contributed by atoms with Gasteiger partial charge in [0, 0.05) is 5.25 Å². The minimum absolute atomic E-state index is 0.539. The molecule has 0 aliphatic heterocycles. The van der Waals surface area contributed by atoms with Gasteiger partial charge < -0.3 is 0 Å². The fourth-order valence-electron chi connectivity index (χ4n) is 0.262. The molecule has 0 rings (SSSR count). The quantitative estimate of drug-likeness (QED) is 0.576. The van der Waals surface area contributed by atoms with Crippen molar-refractivity contribution in [3.05, 3.63) is 6.92 Å². The highest BCUT2D eigenvalue weighted by molar-refractivity contribution is 7.99. The second-order valence-electron chi connectivity index (χ2n) is 1.37. The van der Waals surface area contributed by atoms with Crippen LogP contribution in [0.4, 0.5) is 0 Å². The molecular formula is C5H11S2. The zero-order valence-electron chi connectivity index (χ0n) is 4.55. The summed E-state index contributed by atoms with van der Waals surface area (Å²) in [7, 11) is 0. The first-order chi connectivity index (χ1) is 3.31. The summed E-state index contributed by atoms with van der Waals surface area (Å²) >= 11 is 5.85. The monoisotopic (exact) mass is 135 g/mol. The van der Waals surface area contributed by atoms with E-state index in [0.717, 1.165) is 12.2 Å². The Morgan fingerprint density at radius 1 is 1.86 bits per heavy atom. The van der Waals surface area contributed by atoms with E-state index >= 15 is 0 Å². The fourth-order valence-corrected chi connectivity index (χ4v) is 1.10. The molecule has 0 aliphatic rings. The Morgan fingerprint density at radius 2 is 2.43 bits per heavy atom. The third-order valence-electron chi connectivity index (χ3n) is 0.784. The Morgan fingerprint density at radius 3 is 2.57 bits per heavy atom. The molecule has 0 amide bonds. The number of hydrogen-bond acceptors (Lipinski definition) is 2. The van der Waals surface area contributed by atoms with Gasteiger partial charge in [-0.15, -0.1) is 0 Å². The van der Waals surface area contributed by atoms with Gasteiger partial charge in [-0.25, -0.2) is 0 Å². The van der Waals surface area contributed by atoms with Crippen molar-refractivity contribution in [2.45, 2.75) is 11.7 Å². The van der Waals surface area contributed by atoms with Crippen molar-refractivity contribution in [3.63, 3.8) is 0 Å². The Labute approximate surface area is 55.5 Å². The molecule has 1 radical (unpaired) electrons. The van der Waals surface area contributed by atoms with Crippen molar-refractivity contribution in [1.29, 1.82) is 0 Å². The summed E-state index contributed by atoms with van der Waals surface area (Å²) in [5, 5.41) is 0.539. The SMILES string of the molecule is [CH2]C(CCS)SC. The van der Waals surface area contributed by atoms with E-state index in [4.69, 9.17) is 0 Å². The predicted octanol–water partition coefficient (Wildman–Crippen LogP) is 1.87. The molecule has 0 heterocycles. The van der Waals surface area contributed by atoms with E-state index in [1.807, 2.05) is 0 Å². The zero-order chi connectivity index (χ0) is 5.70. The largest absolute Gasteiger partial charge is 0.179 e. The lowest BCUT2D eigenvalue weighted by atomic mass is 10.4. The van der Waals surface area contributed by atoms with E-state index in [2.05, 4.69) is 25.8 Å². The molecule has 43 valence electrons. The van der Waals surface area contributed by atoms with Gasteiger partial charge >= 0.3 is 0 Å². The fraction of sp³-hybridized carbons (Fsp3) is 0.800. The summed E-state index contributed by atoms with van der Waals surface area (Å²) in [4.78, 5) is 0. The lowest BCUT2D eigenvalue weighted by Crippen LogP contribution is -1.94. The average molecular weight is 135 g/mol. The summed E-state index contributed by atoms with van der Waals surface area (Å²) in [6, 6.07) is 0. The van der Waals surface area contributed by atoms with Gasteiger partial charge in [-0.2, -0.15) is 24.4 Å². The van der Waals surface area contributed by atoms with Crippen LogP contribution in [0.5, 0.6) is 0 Å². The second kappa shape index (κ2) is 4.85. The van der Waals surface area contributed by atoms with Crippen LogP contribution in [-0.4, -0.2) is 17.3 Å². The van der Waals surface area contributed by atoms with E-state index in [-0.39, 0.29) is 0 Å². The Bertz CT molecular complexity index is 37.1. The van der Waals surface area contributed by atoms with Crippen LogP contribution in [0.25, 0.3) is 0 Å². The van der Waals surface area contributed by atoms with Crippen LogP contribution in [0, 0.1) is 6.92 Å². The van der Waals surface area contributed by atoms with Gasteiger partial charge in [0.2, 0.25) is 0 Å². The van der Waals surface area contributed by atoms with Gasteiger partial charge in [0.25, 0.3) is 0 Å². The maximum Gasteiger partial charge on any atom is 0.00524 e. The topological polar surface area (TPSA) is 0 Å². The van der Waals surface area contributed by atoms with Gasteiger partial charge in [0.05, 0.1) is 0 Å². The lowest BCUT2D eigenvalue weighted by molar-refractivity contribution is 0.994. The molecule has 0 aromatic rings. The van der Waals surface area contributed by atoms with E-state index in [1.165, 1.54) is 0 Å². The van der Waals surface area contributed by atoms with Crippen molar-refractivity contribution in [2.75, 3.05) is 12.0 Å². The lowest BCUT2D eigenvalue weighted by Gasteiger charge is -2.01. The Hall–Kier alpha value is 0.700. The van der Waals surface area contributed by atoms with E-state index in [0.29, 0.717) is 5.25 Å². The first-order valence-corrected chi connectivity index (χ1v) is 4.20. The van der Waals surface area contributed by atoms with Crippen molar-refractivity contribution < 1.29 is 0 Å². The Balaban J connectivity index is 2.83. The highest BCUT2D eigenvalue weighted by atomic mass is 32.2. The van der Waals surface area contributed by atoms with Gasteiger partial charge in [-0.3, -0.25) is 0 Å². The van der Waals surface area contributed by atoms with E-state index in [9.17, 15) is 0 Å². The first kappa shape index (κ1) is 7.70. The number of thiol groups is 1. The standard InChI is InChI=1S/C5H11S2/c1-5(7-2)3-4-6/h5-6H,1,3-4H2,2H3. The average Bonchev–Trinajstić information content (AvgIpc) is 1.68. The van der Waals surface area contributed by atoms with Crippen LogP contribution in [0.1, 0.15) is 6.42 Å². The van der Waals surface area contributed by atoms with E-state index < -0.39 is 0 Å².